The molecule has 1 nitrogen and oxygen atoms in total. The van der Waals surface area contributed by atoms with Crippen LogP contribution >= 0.6 is 0 Å². The molecule has 0 saturated heterocycles. The van der Waals surface area contributed by atoms with Gasteiger partial charge in [-0.1, -0.05) is 39.3 Å². The molecule has 1 aromatic carbocycles. The van der Waals surface area contributed by atoms with E-state index in [1.165, 1.54) is 40.9 Å². The summed E-state index contributed by atoms with van der Waals surface area (Å²) in [5, 5.41) is 0. The molecule has 2 aliphatic rings. The number of aromatic nitrogens is 1. The number of pyridine rings is 1. The maximum atomic E-state index is 14.7. The average molecular weight is 367 g/mol. The van der Waals surface area contributed by atoms with Crippen LogP contribution in [0.5, 0.6) is 0 Å². The summed E-state index contributed by atoms with van der Waals surface area (Å²) in [5.74, 6) is 0. The average Bonchev–Trinajstić information content (AvgIpc) is 2.70. The Hall–Kier alpha value is -1.70. The molecule has 0 N–H and O–H groups in total. The largest absolute Gasteiger partial charge is 0.250 e. The summed E-state index contributed by atoms with van der Waals surface area (Å²) in [6.45, 7) is 11.1. The third-order valence-corrected chi connectivity index (χ3v) is 8.25. The lowest BCUT2D eigenvalue weighted by atomic mass is 9.46. The van der Waals surface area contributed by atoms with Gasteiger partial charge >= 0.3 is 0 Å². The Kier molecular flexibility index (Phi) is 4.25. The van der Waals surface area contributed by atoms with Gasteiger partial charge in [0.25, 0.3) is 0 Å². The lowest BCUT2D eigenvalue weighted by molar-refractivity contribution is -0.832. The van der Waals surface area contributed by atoms with Crippen molar-refractivity contribution in [1.82, 2.24) is 0 Å². The van der Waals surface area contributed by atoms with Crippen LogP contribution in [0.2, 0.25) is 0 Å². The Bertz CT molecular complexity index is 882. The molecule has 2 aromatic rings. The van der Waals surface area contributed by atoms with Crippen molar-refractivity contribution in [1.29, 1.82) is 0 Å². The van der Waals surface area contributed by atoms with Gasteiger partial charge in [0, 0.05) is 19.1 Å². The molecule has 0 amide bonds. The van der Waals surface area contributed by atoms with Crippen LogP contribution in [0.25, 0.3) is 11.3 Å². The molecule has 144 valence electrons. The number of unbranched alkanes of at least 4 members (excludes halogenated alkanes) is 1. The van der Waals surface area contributed by atoms with Gasteiger partial charge in [0.2, 0.25) is 5.69 Å². The molecule has 3 heterocycles. The first-order chi connectivity index (χ1) is 12.9. The van der Waals surface area contributed by atoms with Crippen molar-refractivity contribution in [2.24, 2.45) is 0 Å². The van der Waals surface area contributed by atoms with Gasteiger partial charge in [0.05, 0.1) is 11.0 Å². The second-order valence-corrected chi connectivity index (χ2v) is 8.94. The first-order valence-corrected chi connectivity index (χ1v) is 10.7. The van der Waals surface area contributed by atoms with Gasteiger partial charge in [0.15, 0.2) is 11.2 Å². The van der Waals surface area contributed by atoms with E-state index in [9.17, 15) is 4.39 Å². The van der Waals surface area contributed by atoms with Crippen LogP contribution in [0, 0.1) is 0 Å². The SMILES string of the molecule is CCCCc1ccc2c(c1)-c1cccc3[n+]1C(C)(C2(C)CC)C3(CC)CF. The zero-order valence-electron chi connectivity index (χ0n) is 17.5. The molecule has 1 aromatic heterocycles. The van der Waals surface area contributed by atoms with E-state index in [-0.39, 0.29) is 17.6 Å². The molecule has 27 heavy (non-hydrogen) atoms. The Balaban J connectivity index is 2.02. The number of nitrogens with zero attached hydrogens (tertiary/aromatic N) is 1. The van der Waals surface area contributed by atoms with Gasteiger partial charge < -0.3 is 0 Å². The summed E-state index contributed by atoms with van der Waals surface area (Å²) in [4.78, 5) is 0. The maximum Gasteiger partial charge on any atom is 0.213 e. The topological polar surface area (TPSA) is 3.88 Å². The first-order valence-electron chi connectivity index (χ1n) is 10.7. The van der Waals surface area contributed by atoms with Gasteiger partial charge in [-0.3, -0.25) is 0 Å². The van der Waals surface area contributed by atoms with Gasteiger partial charge in [-0.15, -0.1) is 0 Å². The molecule has 2 heteroatoms. The van der Waals surface area contributed by atoms with Crippen molar-refractivity contribution in [2.45, 2.75) is 83.1 Å². The fraction of sp³-hybridized carbons (Fsp3) is 0.560. The summed E-state index contributed by atoms with van der Waals surface area (Å²) in [5.41, 5.74) is 5.91. The molecule has 0 spiro atoms. The number of rotatable bonds is 6. The summed E-state index contributed by atoms with van der Waals surface area (Å²) in [6.07, 6.45) is 5.42. The van der Waals surface area contributed by atoms with Gasteiger partial charge in [-0.25, -0.2) is 4.39 Å². The second kappa shape index (κ2) is 6.15. The van der Waals surface area contributed by atoms with E-state index < -0.39 is 5.41 Å². The Morgan fingerprint density at radius 1 is 1.00 bits per heavy atom. The van der Waals surface area contributed by atoms with Gasteiger partial charge in [0.1, 0.15) is 12.1 Å². The van der Waals surface area contributed by atoms with Crippen LogP contribution in [0.4, 0.5) is 4.39 Å². The number of hydrogen-bond donors (Lipinski definition) is 0. The van der Waals surface area contributed by atoms with E-state index in [1.807, 2.05) is 0 Å². The van der Waals surface area contributed by atoms with Crippen molar-refractivity contribution < 1.29 is 8.96 Å². The van der Waals surface area contributed by atoms with E-state index in [1.54, 1.807) is 0 Å². The predicted octanol–water partition coefficient (Wildman–Crippen LogP) is 6.01. The highest BCUT2D eigenvalue weighted by Gasteiger charge is 2.77. The highest BCUT2D eigenvalue weighted by molar-refractivity contribution is 5.68. The molecular formula is C25H33FN+. The quantitative estimate of drug-likeness (QED) is 0.551. The van der Waals surface area contributed by atoms with Crippen molar-refractivity contribution in [2.75, 3.05) is 6.67 Å². The molecule has 0 aliphatic carbocycles. The summed E-state index contributed by atoms with van der Waals surface area (Å²) in [7, 11) is 0. The van der Waals surface area contributed by atoms with Gasteiger partial charge in [-0.2, -0.15) is 4.57 Å². The lowest BCUT2D eigenvalue weighted by Gasteiger charge is -2.60. The molecular weight excluding hydrogens is 333 g/mol. The van der Waals surface area contributed by atoms with Crippen LogP contribution in [-0.4, -0.2) is 6.67 Å². The van der Waals surface area contributed by atoms with Crippen LogP contribution in [0.1, 0.15) is 77.1 Å². The van der Waals surface area contributed by atoms with Crippen molar-refractivity contribution in [3.05, 3.63) is 53.2 Å². The number of halogens is 1. The third-order valence-electron chi connectivity index (χ3n) is 8.25. The minimum atomic E-state index is -0.396. The van der Waals surface area contributed by atoms with E-state index >= 15 is 0 Å². The zero-order chi connectivity index (χ0) is 19.4. The first kappa shape index (κ1) is 18.7. The Morgan fingerprint density at radius 3 is 2.41 bits per heavy atom. The number of alkyl halides is 1. The van der Waals surface area contributed by atoms with Crippen molar-refractivity contribution in [3.8, 4) is 11.3 Å². The van der Waals surface area contributed by atoms with E-state index in [0.717, 1.165) is 19.3 Å². The highest BCUT2D eigenvalue weighted by atomic mass is 19.1. The standard InChI is InChI=1S/C25H33FN/c1-6-9-11-18-14-15-20-19(16-18)21-12-10-13-22-25(8-3,17-26)24(5,27(21)22)23(20,4)7-2/h10,12-16H,6-9,11,17H2,1-5H3/q+1. The second-order valence-electron chi connectivity index (χ2n) is 8.94. The number of fused-ring (bicyclic) bond motifs is 2. The monoisotopic (exact) mass is 366 g/mol. The summed E-state index contributed by atoms with van der Waals surface area (Å²) < 4.78 is 17.1. The number of aryl methyl sites for hydroxylation is 1. The fourth-order valence-electron chi connectivity index (χ4n) is 6.20. The molecule has 2 aliphatic heterocycles. The molecule has 0 saturated carbocycles. The predicted molar refractivity (Wildman–Crippen MR) is 110 cm³/mol. The number of hydrogen-bond acceptors (Lipinski definition) is 0. The molecule has 0 fully saturated rings. The highest BCUT2D eigenvalue weighted by Crippen LogP contribution is 2.62. The smallest absolute Gasteiger partial charge is 0.213 e. The summed E-state index contributed by atoms with van der Waals surface area (Å²) >= 11 is 0. The minimum absolute atomic E-state index is 0.0836. The van der Waals surface area contributed by atoms with E-state index in [0.29, 0.717) is 0 Å². The maximum absolute atomic E-state index is 14.7. The Morgan fingerprint density at radius 2 is 1.78 bits per heavy atom. The molecule has 3 atom stereocenters. The lowest BCUT2D eigenvalue weighted by Crippen LogP contribution is -2.87. The van der Waals surface area contributed by atoms with E-state index in [4.69, 9.17) is 0 Å². The van der Waals surface area contributed by atoms with Crippen molar-refractivity contribution >= 4 is 0 Å². The third kappa shape index (κ3) is 1.97. The van der Waals surface area contributed by atoms with Gasteiger partial charge in [-0.05, 0) is 55.9 Å². The van der Waals surface area contributed by atoms with Crippen molar-refractivity contribution in [3.63, 3.8) is 0 Å². The minimum Gasteiger partial charge on any atom is -0.250 e. The fourth-order valence-corrected chi connectivity index (χ4v) is 6.20. The number of benzene rings is 1. The normalized spacial score (nSPS) is 30.4. The zero-order valence-corrected chi connectivity index (χ0v) is 17.5. The van der Waals surface area contributed by atoms with E-state index in [2.05, 4.69) is 75.6 Å². The molecule has 3 unspecified atom stereocenters. The van der Waals surface area contributed by atoms with Crippen LogP contribution in [0.15, 0.2) is 36.4 Å². The summed E-state index contributed by atoms with van der Waals surface area (Å²) in [6, 6.07) is 13.6. The molecule has 4 rings (SSSR count). The Labute approximate surface area is 163 Å². The molecule has 0 bridgehead atoms. The van der Waals surface area contributed by atoms with Crippen LogP contribution in [-0.2, 0) is 22.8 Å². The molecule has 0 radical (unpaired) electrons. The van der Waals surface area contributed by atoms with Crippen LogP contribution in [0.3, 0.4) is 0 Å². The van der Waals surface area contributed by atoms with Crippen LogP contribution < -0.4 is 4.57 Å².